The zero-order valence-electron chi connectivity index (χ0n) is 14.9. The van der Waals surface area contributed by atoms with Gasteiger partial charge in [-0.05, 0) is 52.4 Å². The molecule has 0 spiro atoms. The Bertz CT molecular complexity index is 834. The molecule has 1 unspecified atom stereocenters. The third-order valence-corrected chi connectivity index (χ3v) is 5.23. The van der Waals surface area contributed by atoms with Crippen LogP contribution in [0, 0.1) is 20.8 Å². The number of hydrogen-bond acceptors (Lipinski definition) is 4. The SMILES string of the molecule is Cc1cccc(-n2cc(CN(C)C(C)c3nc(C)sc3C)cn2)c1. The monoisotopic (exact) mass is 340 g/mol. The first-order valence-electron chi connectivity index (χ1n) is 8.19. The zero-order valence-corrected chi connectivity index (χ0v) is 15.8. The van der Waals surface area contributed by atoms with E-state index in [-0.39, 0.29) is 6.04 Å². The van der Waals surface area contributed by atoms with Crippen LogP contribution in [0.25, 0.3) is 5.69 Å². The van der Waals surface area contributed by atoms with Gasteiger partial charge < -0.3 is 0 Å². The second kappa shape index (κ2) is 6.87. The zero-order chi connectivity index (χ0) is 17.3. The predicted molar refractivity (Wildman–Crippen MR) is 99.8 cm³/mol. The Kier molecular flexibility index (Phi) is 4.83. The van der Waals surface area contributed by atoms with Gasteiger partial charge in [-0.15, -0.1) is 11.3 Å². The lowest BCUT2D eigenvalue weighted by atomic mass is 10.2. The second-order valence-electron chi connectivity index (χ2n) is 6.40. The predicted octanol–water partition coefficient (Wildman–Crippen LogP) is 4.45. The van der Waals surface area contributed by atoms with E-state index in [1.54, 1.807) is 11.3 Å². The molecule has 3 aromatic rings. The Balaban J connectivity index is 1.73. The van der Waals surface area contributed by atoms with Crippen molar-refractivity contribution in [2.24, 2.45) is 0 Å². The first-order valence-corrected chi connectivity index (χ1v) is 9.00. The van der Waals surface area contributed by atoms with Gasteiger partial charge >= 0.3 is 0 Å². The molecule has 0 aliphatic rings. The minimum absolute atomic E-state index is 0.289. The highest BCUT2D eigenvalue weighted by molar-refractivity contribution is 7.11. The van der Waals surface area contributed by atoms with E-state index in [9.17, 15) is 0 Å². The van der Waals surface area contributed by atoms with Crippen molar-refractivity contribution in [3.8, 4) is 5.69 Å². The summed E-state index contributed by atoms with van der Waals surface area (Å²) in [4.78, 5) is 8.32. The normalized spacial score (nSPS) is 12.8. The van der Waals surface area contributed by atoms with Crippen LogP contribution >= 0.6 is 11.3 Å². The maximum Gasteiger partial charge on any atom is 0.0900 e. The lowest BCUT2D eigenvalue weighted by molar-refractivity contribution is 0.248. The van der Waals surface area contributed by atoms with E-state index < -0.39 is 0 Å². The number of thiazole rings is 1. The molecular weight excluding hydrogens is 316 g/mol. The molecule has 5 heteroatoms. The van der Waals surface area contributed by atoms with E-state index in [4.69, 9.17) is 4.98 Å². The van der Waals surface area contributed by atoms with Crippen LogP contribution in [0.15, 0.2) is 36.7 Å². The summed E-state index contributed by atoms with van der Waals surface area (Å²) < 4.78 is 1.94. The molecule has 0 bridgehead atoms. The Morgan fingerprint density at radius 3 is 2.71 bits per heavy atom. The summed E-state index contributed by atoms with van der Waals surface area (Å²) in [6.07, 6.45) is 4.06. The van der Waals surface area contributed by atoms with E-state index in [1.165, 1.54) is 21.7 Å². The molecule has 3 rings (SSSR count). The van der Waals surface area contributed by atoms with E-state index in [1.807, 2.05) is 10.9 Å². The summed E-state index contributed by atoms with van der Waals surface area (Å²) >= 11 is 1.77. The van der Waals surface area contributed by atoms with Gasteiger partial charge in [-0.25, -0.2) is 9.67 Å². The van der Waals surface area contributed by atoms with Gasteiger partial charge in [0, 0.05) is 23.2 Å². The van der Waals surface area contributed by atoms with Crippen molar-refractivity contribution < 1.29 is 0 Å². The van der Waals surface area contributed by atoms with Crippen LogP contribution in [0.3, 0.4) is 0 Å². The molecule has 2 aromatic heterocycles. The molecular formula is C19H24N4S. The van der Waals surface area contributed by atoms with Crippen LogP contribution in [-0.2, 0) is 6.54 Å². The summed E-state index contributed by atoms with van der Waals surface area (Å²) in [5.41, 5.74) is 4.73. The first-order chi connectivity index (χ1) is 11.4. The molecule has 1 atom stereocenters. The van der Waals surface area contributed by atoms with Gasteiger partial charge in [-0.3, -0.25) is 4.90 Å². The van der Waals surface area contributed by atoms with Crippen LogP contribution in [-0.4, -0.2) is 26.7 Å². The fourth-order valence-electron chi connectivity index (χ4n) is 2.92. The molecule has 0 N–H and O–H groups in total. The topological polar surface area (TPSA) is 34.0 Å². The lowest BCUT2D eigenvalue weighted by Gasteiger charge is -2.23. The van der Waals surface area contributed by atoms with Crippen molar-refractivity contribution in [1.82, 2.24) is 19.7 Å². The molecule has 0 aliphatic heterocycles. The molecule has 0 fully saturated rings. The van der Waals surface area contributed by atoms with Crippen LogP contribution in [0.1, 0.15) is 39.7 Å². The molecule has 126 valence electrons. The molecule has 0 saturated heterocycles. The van der Waals surface area contributed by atoms with Crippen molar-refractivity contribution in [2.45, 2.75) is 40.3 Å². The quantitative estimate of drug-likeness (QED) is 0.688. The average molecular weight is 340 g/mol. The fraction of sp³-hybridized carbons (Fsp3) is 0.368. The minimum Gasteiger partial charge on any atom is -0.294 e. The average Bonchev–Trinajstić information content (AvgIpc) is 3.13. The standard InChI is InChI=1S/C19H24N4S/c1-13-7-6-8-18(9-13)23-12-17(10-20-23)11-22(5)14(2)19-15(3)24-16(4)21-19/h6-10,12,14H,11H2,1-5H3. The molecule has 0 amide bonds. The maximum atomic E-state index is 4.69. The number of rotatable bonds is 5. The number of aromatic nitrogens is 3. The minimum atomic E-state index is 0.289. The van der Waals surface area contributed by atoms with Gasteiger partial charge in [-0.1, -0.05) is 12.1 Å². The van der Waals surface area contributed by atoms with Crippen molar-refractivity contribution in [3.63, 3.8) is 0 Å². The van der Waals surface area contributed by atoms with Crippen LogP contribution in [0.2, 0.25) is 0 Å². The van der Waals surface area contributed by atoms with E-state index >= 15 is 0 Å². The van der Waals surface area contributed by atoms with Gasteiger partial charge in [0.25, 0.3) is 0 Å². The Labute approximate surface area is 147 Å². The molecule has 2 heterocycles. The van der Waals surface area contributed by atoms with E-state index in [0.29, 0.717) is 0 Å². The Hall–Kier alpha value is -1.98. The van der Waals surface area contributed by atoms with Crippen molar-refractivity contribution in [1.29, 1.82) is 0 Å². The van der Waals surface area contributed by atoms with Gasteiger partial charge in [-0.2, -0.15) is 5.10 Å². The van der Waals surface area contributed by atoms with Crippen molar-refractivity contribution in [3.05, 3.63) is 63.4 Å². The lowest BCUT2D eigenvalue weighted by Crippen LogP contribution is -2.22. The second-order valence-corrected chi connectivity index (χ2v) is 7.80. The number of nitrogens with zero attached hydrogens (tertiary/aromatic N) is 4. The van der Waals surface area contributed by atoms with Gasteiger partial charge in [0.1, 0.15) is 0 Å². The third kappa shape index (κ3) is 3.57. The smallest absolute Gasteiger partial charge is 0.0900 e. The molecule has 4 nitrogen and oxygen atoms in total. The van der Waals surface area contributed by atoms with Crippen molar-refractivity contribution >= 4 is 11.3 Å². The van der Waals surface area contributed by atoms with Gasteiger partial charge in [0.2, 0.25) is 0 Å². The van der Waals surface area contributed by atoms with Crippen LogP contribution in [0.4, 0.5) is 0 Å². The fourth-order valence-corrected chi connectivity index (χ4v) is 3.83. The third-order valence-electron chi connectivity index (χ3n) is 4.33. The van der Waals surface area contributed by atoms with Crippen molar-refractivity contribution in [2.75, 3.05) is 7.05 Å². The first kappa shape index (κ1) is 16.9. The highest BCUT2D eigenvalue weighted by Crippen LogP contribution is 2.27. The number of benzene rings is 1. The maximum absolute atomic E-state index is 4.69. The molecule has 0 radical (unpaired) electrons. The molecule has 0 aliphatic carbocycles. The summed E-state index contributed by atoms with van der Waals surface area (Å²) in [7, 11) is 2.14. The summed E-state index contributed by atoms with van der Waals surface area (Å²) in [5.74, 6) is 0. The summed E-state index contributed by atoms with van der Waals surface area (Å²) in [6, 6.07) is 8.68. The Morgan fingerprint density at radius 1 is 1.25 bits per heavy atom. The van der Waals surface area contributed by atoms with E-state index in [0.717, 1.165) is 17.2 Å². The van der Waals surface area contributed by atoms with Gasteiger partial charge in [0.15, 0.2) is 0 Å². The number of hydrogen-bond donors (Lipinski definition) is 0. The largest absolute Gasteiger partial charge is 0.294 e. The molecule has 1 aromatic carbocycles. The van der Waals surface area contributed by atoms with E-state index in [2.05, 4.69) is 75.2 Å². The highest BCUT2D eigenvalue weighted by atomic mass is 32.1. The highest BCUT2D eigenvalue weighted by Gasteiger charge is 2.18. The molecule has 24 heavy (non-hydrogen) atoms. The number of aryl methyl sites for hydroxylation is 3. The Morgan fingerprint density at radius 2 is 2.04 bits per heavy atom. The molecule has 0 saturated carbocycles. The van der Waals surface area contributed by atoms with Crippen LogP contribution < -0.4 is 0 Å². The summed E-state index contributed by atoms with van der Waals surface area (Å²) in [6.45, 7) is 9.39. The summed E-state index contributed by atoms with van der Waals surface area (Å²) in [5, 5.41) is 5.65. The van der Waals surface area contributed by atoms with Gasteiger partial charge in [0.05, 0.1) is 28.6 Å². The van der Waals surface area contributed by atoms with Crippen LogP contribution in [0.5, 0.6) is 0 Å².